The van der Waals surface area contributed by atoms with Crippen molar-refractivity contribution in [2.24, 2.45) is 0 Å². The fourth-order valence-electron chi connectivity index (χ4n) is 1.59. The van der Waals surface area contributed by atoms with E-state index in [0.717, 1.165) is 10.6 Å². The SMILES string of the molecule is N#Cc1cc(SCc2ccccc2)ccc1[N+](=O)[O-]. The van der Waals surface area contributed by atoms with Gasteiger partial charge in [0.2, 0.25) is 0 Å². The highest BCUT2D eigenvalue weighted by Crippen LogP contribution is 2.27. The minimum absolute atomic E-state index is 0.100. The zero-order valence-electron chi connectivity index (χ0n) is 9.95. The first-order valence-corrected chi connectivity index (χ1v) is 6.54. The Morgan fingerprint density at radius 2 is 1.95 bits per heavy atom. The van der Waals surface area contributed by atoms with Gasteiger partial charge in [0.05, 0.1) is 4.92 Å². The van der Waals surface area contributed by atoms with E-state index in [1.807, 2.05) is 36.4 Å². The molecule has 5 heteroatoms. The summed E-state index contributed by atoms with van der Waals surface area (Å²) in [6, 6.07) is 16.4. The maximum Gasteiger partial charge on any atom is 0.287 e. The van der Waals surface area contributed by atoms with Crippen LogP contribution in [0.5, 0.6) is 0 Å². The van der Waals surface area contributed by atoms with Crippen molar-refractivity contribution in [2.45, 2.75) is 10.6 Å². The van der Waals surface area contributed by atoms with Crippen LogP contribution in [0.3, 0.4) is 0 Å². The number of hydrogen-bond acceptors (Lipinski definition) is 4. The Labute approximate surface area is 114 Å². The Bertz CT molecular complexity index is 636. The van der Waals surface area contributed by atoms with Crippen LogP contribution in [0.25, 0.3) is 0 Å². The van der Waals surface area contributed by atoms with E-state index in [2.05, 4.69) is 0 Å². The van der Waals surface area contributed by atoms with E-state index in [9.17, 15) is 10.1 Å². The van der Waals surface area contributed by atoms with Gasteiger partial charge >= 0.3 is 0 Å². The molecule has 0 aromatic heterocycles. The molecule has 0 amide bonds. The third-order valence-corrected chi connectivity index (χ3v) is 3.60. The summed E-state index contributed by atoms with van der Waals surface area (Å²) >= 11 is 1.55. The quantitative estimate of drug-likeness (QED) is 0.482. The average Bonchev–Trinajstić information content (AvgIpc) is 2.45. The minimum atomic E-state index is -0.538. The Morgan fingerprint density at radius 3 is 2.58 bits per heavy atom. The molecule has 0 bridgehead atoms. The van der Waals surface area contributed by atoms with Gasteiger partial charge in [0.15, 0.2) is 0 Å². The molecule has 0 atom stereocenters. The summed E-state index contributed by atoms with van der Waals surface area (Å²) in [5.74, 6) is 0.767. The van der Waals surface area contributed by atoms with Crippen LogP contribution in [0.4, 0.5) is 5.69 Å². The lowest BCUT2D eigenvalue weighted by Crippen LogP contribution is -1.92. The molecule has 0 saturated heterocycles. The van der Waals surface area contributed by atoms with Gasteiger partial charge in [-0.1, -0.05) is 30.3 Å². The van der Waals surface area contributed by atoms with E-state index in [1.54, 1.807) is 23.9 Å². The topological polar surface area (TPSA) is 66.9 Å². The van der Waals surface area contributed by atoms with Gasteiger partial charge in [-0.15, -0.1) is 11.8 Å². The van der Waals surface area contributed by atoms with Gasteiger partial charge in [0.25, 0.3) is 5.69 Å². The van der Waals surface area contributed by atoms with Gasteiger partial charge in [0.1, 0.15) is 11.6 Å². The fraction of sp³-hybridized carbons (Fsp3) is 0.0714. The molecule has 0 aliphatic carbocycles. The van der Waals surface area contributed by atoms with Gasteiger partial charge in [-0.2, -0.15) is 5.26 Å². The highest BCUT2D eigenvalue weighted by Gasteiger charge is 2.13. The van der Waals surface area contributed by atoms with Crippen molar-refractivity contribution < 1.29 is 4.92 Å². The van der Waals surface area contributed by atoms with Crippen molar-refractivity contribution in [3.05, 3.63) is 69.8 Å². The van der Waals surface area contributed by atoms with Gasteiger partial charge in [-0.3, -0.25) is 10.1 Å². The van der Waals surface area contributed by atoms with Crippen LogP contribution in [-0.2, 0) is 5.75 Å². The number of nitro groups is 1. The number of benzene rings is 2. The predicted octanol–water partition coefficient (Wildman–Crippen LogP) is 3.76. The first-order valence-electron chi connectivity index (χ1n) is 5.56. The Morgan fingerprint density at radius 1 is 1.21 bits per heavy atom. The molecule has 0 fully saturated rings. The summed E-state index contributed by atoms with van der Waals surface area (Å²) in [4.78, 5) is 11.0. The van der Waals surface area contributed by atoms with Crippen LogP contribution < -0.4 is 0 Å². The number of nitro benzene ring substituents is 1. The van der Waals surface area contributed by atoms with Crippen molar-refractivity contribution in [3.63, 3.8) is 0 Å². The first kappa shape index (κ1) is 13.1. The second-order valence-electron chi connectivity index (χ2n) is 3.82. The fourth-order valence-corrected chi connectivity index (χ4v) is 2.49. The lowest BCUT2D eigenvalue weighted by atomic mass is 10.2. The average molecular weight is 270 g/mol. The second kappa shape index (κ2) is 6.03. The zero-order valence-corrected chi connectivity index (χ0v) is 10.8. The van der Waals surface area contributed by atoms with Gasteiger partial charge in [-0.05, 0) is 17.7 Å². The Balaban J connectivity index is 2.14. The van der Waals surface area contributed by atoms with Crippen LogP contribution in [0.2, 0.25) is 0 Å². The Kier molecular flexibility index (Phi) is 4.16. The van der Waals surface area contributed by atoms with Gasteiger partial charge in [-0.25, -0.2) is 0 Å². The molecule has 2 rings (SSSR count). The van der Waals surface area contributed by atoms with Crippen LogP contribution in [-0.4, -0.2) is 4.92 Å². The van der Waals surface area contributed by atoms with Crippen molar-refractivity contribution in [1.29, 1.82) is 5.26 Å². The molecule has 0 heterocycles. The predicted molar refractivity (Wildman–Crippen MR) is 73.8 cm³/mol. The molecule has 0 spiro atoms. The van der Waals surface area contributed by atoms with E-state index in [4.69, 9.17) is 5.26 Å². The molecule has 2 aromatic carbocycles. The first-order chi connectivity index (χ1) is 9.20. The molecular formula is C14H10N2O2S. The largest absolute Gasteiger partial charge is 0.287 e. The van der Waals surface area contributed by atoms with E-state index >= 15 is 0 Å². The highest BCUT2D eigenvalue weighted by molar-refractivity contribution is 7.98. The van der Waals surface area contributed by atoms with Crippen molar-refractivity contribution in [2.75, 3.05) is 0 Å². The van der Waals surface area contributed by atoms with Crippen molar-refractivity contribution >= 4 is 17.4 Å². The number of nitriles is 1. The summed E-state index contributed by atoms with van der Waals surface area (Å²) in [6.45, 7) is 0. The molecule has 0 aliphatic heterocycles. The molecular weight excluding hydrogens is 260 g/mol. The minimum Gasteiger partial charge on any atom is -0.258 e. The van der Waals surface area contributed by atoms with Crippen LogP contribution in [0.15, 0.2) is 53.4 Å². The highest BCUT2D eigenvalue weighted by atomic mass is 32.2. The summed E-state index contributed by atoms with van der Waals surface area (Å²) in [5.41, 5.74) is 1.12. The van der Waals surface area contributed by atoms with E-state index < -0.39 is 4.92 Å². The zero-order chi connectivity index (χ0) is 13.7. The maximum absolute atomic E-state index is 10.7. The number of thioether (sulfide) groups is 1. The molecule has 4 nitrogen and oxygen atoms in total. The molecule has 0 radical (unpaired) electrons. The molecule has 0 N–H and O–H groups in total. The molecule has 0 saturated carbocycles. The van der Waals surface area contributed by atoms with Crippen molar-refractivity contribution in [1.82, 2.24) is 0 Å². The standard InChI is InChI=1S/C14H10N2O2S/c15-9-12-8-13(6-7-14(12)16(17)18)19-10-11-4-2-1-3-5-11/h1-8H,10H2. The summed E-state index contributed by atoms with van der Waals surface area (Å²) < 4.78 is 0. The number of rotatable bonds is 4. The van der Waals surface area contributed by atoms with E-state index in [1.165, 1.54) is 11.6 Å². The number of nitrogens with zero attached hydrogens (tertiary/aromatic N) is 2. The van der Waals surface area contributed by atoms with Crippen molar-refractivity contribution in [3.8, 4) is 6.07 Å². The smallest absolute Gasteiger partial charge is 0.258 e. The number of hydrogen-bond donors (Lipinski definition) is 0. The summed E-state index contributed by atoms with van der Waals surface area (Å²) in [6.07, 6.45) is 0. The second-order valence-corrected chi connectivity index (χ2v) is 4.87. The van der Waals surface area contributed by atoms with E-state index in [0.29, 0.717) is 0 Å². The lowest BCUT2D eigenvalue weighted by Gasteiger charge is -2.02. The molecule has 94 valence electrons. The monoisotopic (exact) mass is 270 g/mol. The summed E-state index contributed by atoms with van der Waals surface area (Å²) in [7, 11) is 0. The van der Waals surface area contributed by atoms with E-state index in [-0.39, 0.29) is 11.3 Å². The van der Waals surface area contributed by atoms with Gasteiger partial charge in [0, 0.05) is 16.7 Å². The van der Waals surface area contributed by atoms with Crippen LogP contribution in [0.1, 0.15) is 11.1 Å². The van der Waals surface area contributed by atoms with Gasteiger partial charge < -0.3 is 0 Å². The molecule has 19 heavy (non-hydrogen) atoms. The lowest BCUT2D eigenvalue weighted by molar-refractivity contribution is -0.385. The maximum atomic E-state index is 10.7. The Hall–Kier alpha value is -2.32. The third kappa shape index (κ3) is 3.33. The van der Waals surface area contributed by atoms with Crippen LogP contribution in [0, 0.1) is 21.4 Å². The normalized spacial score (nSPS) is 9.84. The summed E-state index contributed by atoms with van der Waals surface area (Å²) in [5, 5.41) is 19.6. The van der Waals surface area contributed by atoms with Crippen LogP contribution >= 0.6 is 11.8 Å². The molecule has 2 aromatic rings. The molecule has 0 unspecified atom stereocenters. The molecule has 0 aliphatic rings. The third-order valence-electron chi connectivity index (χ3n) is 2.53.